The van der Waals surface area contributed by atoms with Crippen molar-refractivity contribution >= 4 is 21.6 Å². The monoisotopic (exact) mass is 396 g/mol. The lowest BCUT2D eigenvalue weighted by atomic mass is 10.0. The summed E-state index contributed by atoms with van der Waals surface area (Å²) < 4.78 is 37.5. The third-order valence-corrected chi connectivity index (χ3v) is 6.48. The van der Waals surface area contributed by atoms with Crippen LogP contribution in [-0.2, 0) is 24.3 Å². The van der Waals surface area contributed by atoms with Crippen LogP contribution in [-0.4, -0.2) is 64.1 Å². The smallest absolute Gasteiger partial charge is 0.232 e. The lowest BCUT2D eigenvalue weighted by molar-refractivity contribution is -0.187. The van der Waals surface area contributed by atoms with Crippen molar-refractivity contribution < 1.29 is 22.7 Å². The number of likely N-dealkylation sites (tertiary alicyclic amines) is 1. The molecule has 0 aliphatic carbocycles. The maximum Gasteiger partial charge on any atom is 0.232 e. The molecule has 0 bridgehead atoms. The van der Waals surface area contributed by atoms with Crippen LogP contribution in [0.25, 0.3) is 0 Å². The topological polar surface area (TPSA) is 76.2 Å². The maximum absolute atomic E-state index is 12.7. The molecule has 0 aromatic heterocycles. The molecule has 1 aromatic carbocycles. The van der Waals surface area contributed by atoms with Gasteiger partial charge in [0.05, 0.1) is 25.2 Å². The Balaban J connectivity index is 1.65. The van der Waals surface area contributed by atoms with E-state index in [4.69, 9.17) is 9.47 Å². The highest BCUT2D eigenvalue weighted by Crippen LogP contribution is 2.32. The van der Waals surface area contributed by atoms with Gasteiger partial charge in [-0.15, -0.1) is 0 Å². The van der Waals surface area contributed by atoms with Crippen molar-refractivity contribution in [2.24, 2.45) is 0 Å². The summed E-state index contributed by atoms with van der Waals surface area (Å²) in [4.78, 5) is 14.4. The van der Waals surface area contributed by atoms with Crippen LogP contribution in [0.3, 0.4) is 0 Å². The van der Waals surface area contributed by atoms with Gasteiger partial charge in [0.2, 0.25) is 15.9 Å². The first kappa shape index (κ1) is 20.1. The van der Waals surface area contributed by atoms with Gasteiger partial charge in [-0.2, -0.15) is 0 Å². The number of benzene rings is 1. The largest absolute Gasteiger partial charge is 0.347 e. The summed E-state index contributed by atoms with van der Waals surface area (Å²) in [6.07, 6.45) is 2.65. The van der Waals surface area contributed by atoms with Gasteiger partial charge in [0.15, 0.2) is 5.79 Å². The molecule has 2 saturated heterocycles. The molecule has 1 aromatic rings. The number of anilines is 1. The van der Waals surface area contributed by atoms with Crippen LogP contribution in [0.5, 0.6) is 0 Å². The van der Waals surface area contributed by atoms with Crippen LogP contribution in [0.2, 0.25) is 0 Å². The van der Waals surface area contributed by atoms with Gasteiger partial charge in [-0.05, 0) is 25.0 Å². The first-order valence-corrected chi connectivity index (χ1v) is 11.2. The summed E-state index contributed by atoms with van der Waals surface area (Å²) in [7, 11) is -3.48. The van der Waals surface area contributed by atoms with Crippen molar-refractivity contribution in [3.8, 4) is 0 Å². The Morgan fingerprint density at radius 1 is 1.15 bits per heavy atom. The average molecular weight is 397 g/mol. The maximum atomic E-state index is 12.7. The first-order chi connectivity index (χ1) is 12.7. The van der Waals surface area contributed by atoms with Crippen molar-refractivity contribution in [2.75, 3.05) is 43.4 Å². The SMILES string of the molecule is Cc1cccc(C)c1N(CCC(=O)N1CCC2(CC1)OCCO2)S(C)(=O)=O. The van der Waals surface area contributed by atoms with Crippen LogP contribution < -0.4 is 4.31 Å². The number of piperidine rings is 1. The van der Waals surface area contributed by atoms with Crippen LogP contribution in [0.15, 0.2) is 18.2 Å². The fourth-order valence-corrected chi connectivity index (χ4v) is 4.92. The molecule has 0 radical (unpaired) electrons. The van der Waals surface area contributed by atoms with E-state index in [0.717, 1.165) is 11.1 Å². The molecule has 8 heteroatoms. The van der Waals surface area contributed by atoms with E-state index in [0.29, 0.717) is 44.8 Å². The Morgan fingerprint density at radius 3 is 2.22 bits per heavy atom. The summed E-state index contributed by atoms with van der Waals surface area (Å²) in [6, 6.07) is 5.67. The number of rotatable bonds is 5. The Kier molecular flexibility index (Phi) is 5.79. The molecule has 27 heavy (non-hydrogen) atoms. The minimum absolute atomic E-state index is 0.0391. The first-order valence-electron chi connectivity index (χ1n) is 9.31. The summed E-state index contributed by atoms with van der Waals surface area (Å²) >= 11 is 0. The minimum atomic E-state index is -3.48. The van der Waals surface area contributed by atoms with Gasteiger partial charge in [0, 0.05) is 38.9 Å². The third-order valence-electron chi connectivity index (χ3n) is 5.31. The normalized spacial score (nSPS) is 19.4. The molecule has 2 aliphatic heterocycles. The lowest BCUT2D eigenvalue weighted by Crippen LogP contribution is -2.48. The van der Waals surface area contributed by atoms with E-state index >= 15 is 0 Å². The van der Waals surface area contributed by atoms with E-state index in [2.05, 4.69) is 0 Å². The molecule has 2 heterocycles. The highest BCUT2D eigenvalue weighted by molar-refractivity contribution is 7.92. The van der Waals surface area contributed by atoms with Gasteiger partial charge in [-0.3, -0.25) is 9.10 Å². The van der Waals surface area contributed by atoms with Crippen molar-refractivity contribution in [1.82, 2.24) is 4.90 Å². The van der Waals surface area contributed by atoms with Crippen molar-refractivity contribution in [1.29, 1.82) is 0 Å². The number of ether oxygens (including phenoxy) is 2. The number of hydrogen-bond donors (Lipinski definition) is 0. The van der Waals surface area contributed by atoms with E-state index in [-0.39, 0.29) is 18.9 Å². The summed E-state index contributed by atoms with van der Waals surface area (Å²) in [5.41, 5.74) is 2.42. The summed E-state index contributed by atoms with van der Waals surface area (Å²) in [5, 5.41) is 0. The number of amides is 1. The van der Waals surface area contributed by atoms with Gasteiger partial charge in [0.25, 0.3) is 0 Å². The van der Waals surface area contributed by atoms with E-state index < -0.39 is 15.8 Å². The van der Waals surface area contributed by atoms with Crippen LogP contribution in [0.1, 0.15) is 30.4 Å². The molecule has 3 rings (SSSR count). The zero-order valence-corrected chi connectivity index (χ0v) is 17.0. The minimum Gasteiger partial charge on any atom is -0.347 e. The Hall–Kier alpha value is -1.64. The van der Waals surface area contributed by atoms with Gasteiger partial charge >= 0.3 is 0 Å². The second kappa shape index (κ2) is 7.77. The number of hydrogen-bond acceptors (Lipinski definition) is 5. The number of nitrogens with zero attached hydrogens (tertiary/aromatic N) is 2. The Labute approximate surface area is 161 Å². The molecule has 7 nitrogen and oxygen atoms in total. The number of aryl methyl sites for hydroxylation is 2. The predicted octanol–water partition coefficient (Wildman–Crippen LogP) is 1.83. The van der Waals surface area contributed by atoms with Crippen LogP contribution in [0, 0.1) is 13.8 Å². The van der Waals surface area contributed by atoms with E-state index in [1.165, 1.54) is 10.6 Å². The second-order valence-electron chi connectivity index (χ2n) is 7.31. The fraction of sp³-hybridized carbons (Fsp3) is 0.632. The van der Waals surface area contributed by atoms with Crippen molar-refractivity contribution in [2.45, 2.75) is 38.9 Å². The molecule has 0 N–H and O–H groups in total. The Morgan fingerprint density at radius 2 is 1.70 bits per heavy atom. The average Bonchev–Trinajstić information content (AvgIpc) is 3.05. The third kappa shape index (κ3) is 4.44. The highest BCUT2D eigenvalue weighted by Gasteiger charge is 2.40. The highest BCUT2D eigenvalue weighted by atomic mass is 32.2. The standard InChI is InChI=1S/C19H28N2O5S/c1-15-5-4-6-16(2)18(15)21(27(3,23)24)10-7-17(22)20-11-8-19(9-12-20)25-13-14-26-19/h4-6H,7-14H2,1-3H3. The molecule has 150 valence electrons. The van der Waals surface area contributed by atoms with Gasteiger partial charge in [0.1, 0.15) is 0 Å². The molecule has 1 amide bonds. The van der Waals surface area contributed by atoms with Gasteiger partial charge < -0.3 is 14.4 Å². The molecule has 2 aliphatic rings. The van der Waals surface area contributed by atoms with Crippen LogP contribution >= 0.6 is 0 Å². The number of carbonyl (C=O) groups excluding carboxylic acids is 1. The molecular formula is C19H28N2O5S. The van der Waals surface area contributed by atoms with Crippen LogP contribution in [0.4, 0.5) is 5.69 Å². The number of carbonyl (C=O) groups is 1. The summed E-state index contributed by atoms with van der Waals surface area (Å²) in [6.45, 7) is 6.25. The summed E-state index contributed by atoms with van der Waals surface area (Å²) in [5.74, 6) is -0.559. The van der Waals surface area contributed by atoms with E-state index in [9.17, 15) is 13.2 Å². The van der Waals surface area contributed by atoms with E-state index in [1.54, 1.807) is 4.90 Å². The molecule has 0 unspecified atom stereocenters. The Bertz CT molecular complexity index is 772. The van der Waals surface area contributed by atoms with Crippen molar-refractivity contribution in [3.05, 3.63) is 29.3 Å². The van der Waals surface area contributed by atoms with Gasteiger partial charge in [-0.25, -0.2) is 8.42 Å². The predicted molar refractivity (Wildman–Crippen MR) is 103 cm³/mol. The fourth-order valence-electron chi connectivity index (χ4n) is 3.88. The van der Waals surface area contributed by atoms with E-state index in [1.807, 2.05) is 32.0 Å². The number of para-hydroxylation sites is 1. The lowest BCUT2D eigenvalue weighted by Gasteiger charge is -2.37. The molecule has 0 atom stereocenters. The molecule has 2 fully saturated rings. The quantitative estimate of drug-likeness (QED) is 0.759. The molecular weight excluding hydrogens is 368 g/mol. The second-order valence-corrected chi connectivity index (χ2v) is 9.22. The zero-order chi connectivity index (χ0) is 19.7. The number of sulfonamides is 1. The zero-order valence-electron chi connectivity index (χ0n) is 16.2. The molecule has 1 spiro atoms. The molecule has 0 saturated carbocycles. The van der Waals surface area contributed by atoms with Gasteiger partial charge in [-0.1, -0.05) is 18.2 Å². The van der Waals surface area contributed by atoms with Crippen molar-refractivity contribution in [3.63, 3.8) is 0 Å².